The van der Waals surface area contributed by atoms with Crippen LogP contribution in [0, 0.1) is 0 Å². The van der Waals surface area contributed by atoms with Gasteiger partial charge in [-0.1, -0.05) is 6.07 Å². The van der Waals surface area contributed by atoms with Crippen molar-refractivity contribution in [1.82, 2.24) is 0 Å². The molecule has 5 nitrogen and oxygen atoms in total. The lowest BCUT2D eigenvalue weighted by atomic mass is 10.2. The SMILES string of the molecule is CC(C)Oc1cccc(NCC(=O)O)c1N. The highest BCUT2D eigenvalue weighted by Gasteiger charge is 2.07. The van der Waals surface area contributed by atoms with Crippen molar-refractivity contribution in [3.05, 3.63) is 18.2 Å². The Balaban J connectivity index is 2.81. The van der Waals surface area contributed by atoms with Gasteiger partial charge in [-0.2, -0.15) is 0 Å². The van der Waals surface area contributed by atoms with E-state index in [9.17, 15) is 4.79 Å². The van der Waals surface area contributed by atoms with Gasteiger partial charge in [0.2, 0.25) is 0 Å². The molecule has 0 aliphatic carbocycles. The molecule has 0 fully saturated rings. The van der Waals surface area contributed by atoms with Gasteiger partial charge in [-0.15, -0.1) is 0 Å². The van der Waals surface area contributed by atoms with Crippen LogP contribution in [0.3, 0.4) is 0 Å². The third-order valence-corrected chi connectivity index (χ3v) is 1.86. The molecule has 0 aliphatic rings. The van der Waals surface area contributed by atoms with E-state index in [-0.39, 0.29) is 12.6 Å². The van der Waals surface area contributed by atoms with Crippen LogP contribution in [0.2, 0.25) is 0 Å². The molecule has 0 aromatic heterocycles. The maximum absolute atomic E-state index is 10.4. The van der Waals surface area contributed by atoms with Gasteiger partial charge in [0.1, 0.15) is 12.3 Å². The highest BCUT2D eigenvalue weighted by atomic mass is 16.5. The average molecular weight is 224 g/mol. The average Bonchev–Trinajstić information content (AvgIpc) is 2.18. The Bertz CT molecular complexity index is 377. The first-order valence-corrected chi connectivity index (χ1v) is 5.01. The van der Waals surface area contributed by atoms with Crippen molar-refractivity contribution < 1.29 is 14.6 Å². The maximum atomic E-state index is 10.4. The minimum atomic E-state index is -0.936. The molecular formula is C11H16N2O3. The third-order valence-electron chi connectivity index (χ3n) is 1.86. The lowest BCUT2D eigenvalue weighted by molar-refractivity contribution is -0.134. The van der Waals surface area contributed by atoms with Crippen molar-refractivity contribution >= 4 is 17.3 Å². The van der Waals surface area contributed by atoms with Gasteiger partial charge < -0.3 is 20.9 Å². The molecule has 0 atom stereocenters. The summed E-state index contributed by atoms with van der Waals surface area (Å²) in [5.41, 5.74) is 6.84. The third kappa shape index (κ3) is 3.34. The Morgan fingerprint density at radius 3 is 2.81 bits per heavy atom. The molecular weight excluding hydrogens is 208 g/mol. The zero-order valence-electron chi connectivity index (χ0n) is 9.36. The van der Waals surface area contributed by atoms with E-state index in [4.69, 9.17) is 15.6 Å². The number of nitrogen functional groups attached to an aromatic ring is 1. The number of anilines is 2. The van der Waals surface area contributed by atoms with E-state index in [1.807, 2.05) is 13.8 Å². The van der Waals surface area contributed by atoms with Gasteiger partial charge in [0.15, 0.2) is 0 Å². The summed E-state index contributed by atoms with van der Waals surface area (Å²) in [5, 5.41) is 11.3. The molecule has 4 N–H and O–H groups in total. The van der Waals surface area contributed by atoms with E-state index in [2.05, 4.69) is 5.32 Å². The highest BCUT2D eigenvalue weighted by Crippen LogP contribution is 2.29. The lowest BCUT2D eigenvalue weighted by Gasteiger charge is -2.15. The van der Waals surface area contributed by atoms with E-state index in [1.165, 1.54) is 0 Å². The number of para-hydroxylation sites is 1. The van der Waals surface area contributed by atoms with Crippen LogP contribution in [-0.2, 0) is 4.79 Å². The number of hydrogen-bond donors (Lipinski definition) is 3. The molecule has 5 heteroatoms. The monoisotopic (exact) mass is 224 g/mol. The molecule has 0 saturated heterocycles. The fraction of sp³-hybridized carbons (Fsp3) is 0.364. The quantitative estimate of drug-likeness (QED) is 0.661. The second-order valence-electron chi connectivity index (χ2n) is 3.63. The summed E-state index contributed by atoms with van der Waals surface area (Å²) in [5.74, 6) is -0.375. The Labute approximate surface area is 94.2 Å². The number of nitrogens with one attached hydrogen (secondary N) is 1. The molecule has 1 rings (SSSR count). The zero-order chi connectivity index (χ0) is 12.1. The molecule has 1 aromatic rings. The molecule has 0 bridgehead atoms. The number of ether oxygens (including phenoxy) is 1. The Morgan fingerprint density at radius 2 is 2.25 bits per heavy atom. The first-order chi connectivity index (χ1) is 7.50. The lowest BCUT2D eigenvalue weighted by Crippen LogP contribution is -2.14. The summed E-state index contributed by atoms with van der Waals surface area (Å²) in [6, 6.07) is 5.23. The van der Waals surface area contributed by atoms with Crippen LogP contribution in [0.15, 0.2) is 18.2 Å². The number of carboxylic acids is 1. The van der Waals surface area contributed by atoms with E-state index in [0.717, 1.165) is 0 Å². The summed E-state index contributed by atoms with van der Waals surface area (Å²) in [4.78, 5) is 10.4. The summed E-state index contributed by atoms with van der Waals surface area (Å²) >= 11 is 0. The van der Waals surface area contributed by atoms with Gasteiger partial charge >= 0.3 is 5.97 Å². The Kier molecular flexibility index (Phi) is 3.99. The number of carboxylic acid groups (broad SMARTS) is 1. The predicted molar refractivity (Wildman–Crippen MR) is 62.7 cm³/mol. The first kappa shape index (κ1) is 12.2. The minimum Gasteiger partial charge on any atom is -0.489 e. The minimum absolute atomic E-state index is 0.0250. The number of hydrogen-bond acceptors (Lipinski definition) is 4. The molecule has 0 spiro atoms. The van der Waals surface area contributed by atoms with Gasteiger partial charge in [-0.05, 0) is 26.0 Å². The second-order valence-corrected chi connectivity index (χ2v) is 3.63. The summed E-state index contributed by atoms with van der Waals surface area (Å²) in [6.07, 6.45) is 0.0250. The van der Waals surface area contributed by atoms with E-state index in [0.29, 0.717) is 17.1 Å². The molecule has 0 radical (unpaired) electrons. The normalized spacial score (nSPS) is 10.2. The fourth-order valence-corrected chi connectivity index (χ4v) is 1.23. The second kappa shape index (κ2) is 5.25. The fourth-order valence-electron chi connectivity index (χ4n) is 1.23. The molecule has 0 saturated carbocycles. The van der Waals surface area contributed by atoms with Crippen LogP contribution >= 0.6 is 0 Å². The molecule has 1 aromatic carbocycles. The van der Waals surface area contributed by atoms with Crippen LogP contribution in [0.5, 0.6) is 5.75 Å². The first-order valence-electron chi connectivity index (χ1n) is 5.01. The summed E-state index contributed by atoms with van der Waals surface area (Å²) < 4.78 is 5.48. The van der Waals surface area contributed by atoms with Crippen LogP contribution in [0.25, 0.3) is 0 Å². The predicted octanol–water partition coefficient (Wildman–Crippen LogP) is 1.55. The van der Waals surface area contributed by atoms with Gasteiger partial charge in [-0.3, -0.25) is 4.79 Å². The van der Waals surface area contributed by atoms with Crippen LogP contribution in [0.4, 0.5) is 11.4 Å². The number of nitrogens with two attached hydrogens (primary N) is 1. The number of rotatable bonds is 5. The number of carbonyl (C=O) groups is 1. The van der Waals surface area contributed by atoms with Gasteiger partial charge in [0, 0.05) is 0 Å². The topological polar surface area (TPSA) is 84.6 Å². The van der Waals surface area contributed by atoms with Crippen molar-refractivity contribution in [2.45, 2.75) is 20.0 Å². The summed E-state index contributed by atoms with van der Waals surface area (Å²) in [7, 11) is 0. The Morgan fingerprint density at radius 1 is 1.56 bits per heavy atom. The largest absolute Gasteiger partial charge is 0.489 e. The van der Waals surface area contributed by atoms with Crippen molar-refractivity contribution in [2.75, 3.05) is 17.6 Å². The van der Waals surface area contributed by atoms with Gasteiger partial charge in [0.05, 0.1) is 17.5 Å². The molecule has 16 heavy (non-hydrogen) atoms. The number of aliphatic carboxylic acids is 1. The highest BCUT2D eigenvalue weighted by molar-refractivity contribution is 5.78. The zero-order valence-corrected chi connectivity index (χ0v) is 9.36. The van der Waals surface area contributed by atoms with Crippen LogP contribution < -0.4 is 15.8 Å². The molecule has 0 aliphatic heterocycles. The Hall–Kier alpha value is -1.91. The van der Waals surface area contributed by atoms with E-state index < -0.39 is 5.97 Å². The van der Waals surface area contributed by atoms with Gasteiger partial charge in [-0.25, -0.2) is 0 Å². The van der Waals surface area contributed by atoms with Crippen molar-refractivity contribution in [3.8, 4) is 5.75 Å². The smallest absolute Gasteiger partial charge is 0.322 e. The van der Waals surface area contributed by atoms with Crippen molar-refractivity contribution in [2.24, 2.45) is 0 Å². The maximum Gasteiger partial charge on any atom is 0.322 e. The van der Waals surface area contributed by atoms with Crippen LogP contribution in [-0.4, -0.2) is 23.7 Å². The standard InChI is InChI=1S/C11H16N2O3/c1-7(2)16-9-5-3-4-8(11(9)12)13-6-10(14)15/h3-5,7,13H,6,12H2,1-2H3,(H,14,15). The van der Waals surface area contributed by atoms with Crippen molar-refractivity contribution in [3.63, 3.8) is 0 Å². The molecule has 0 heterocycles. The van der Waals surface area contributed by atoms with E-state index >= 15 is 0 Å². The number of benzene rings is 1. The molecule has 0 unspecified atom stereocenters. The van der Waals surface area contributed by atoms with Gasteiger partial charge in [0.25, 0.3) is 0 Å². The van der Waals surface area contributed by atoms with E-state index in [1.54, 1.807) is 18.2 Å². The van der Waals surface area contributed by atoms with Crippen LogP contribution in [0.1, 0.15) is 13.8 Å². The van der Waals surface area contributed by atoms with Crippen molar-refractivity contribution in [1.29, 1.82) is 0 Å². The summed E-state index contributed by atoms with van der Waals surface area (Å²) in [6.45, 7) is 3.63. The molecule has 0 amide bonds. The molecule has 88 valence electrons.